The van der Waals surface area contributed by atoms with Crippen LogP contribution in [0.25, 0.3) is 0 Å². The summed E-state index contributed by atoms with van der Waals surface area (Å²) in [6.07, 6.45) is 0. The van der Waals surface area contributed by atoms with Gasteiger partial charge in [0.2, 0.25) is 5.89 Å². The number of thioether (sulfide) groups is 1. The lowest BCUT2D eigenvalue weighted by atomic mass is 10.2. The Morgan fingerprint density at radius 2 is 1.92 bits per heavy atom. The standard InChI is InChI=1S/C18H26N4OS/c1-13-5-7-16(8-6-13)12-24-10-9-20-18(19-4)21-11-17-22-14(2)15(3)23-17/h5-8H,9-12H2,1-4H3,(H2,19,20,21). The molecule has 0 saturated carbocycles. The van der Waals surface area contributed by atoms with Gasteiger partial charge in [-0.05, 0) is 26.3 Å². The zero-order valence-corrected chi connectivity index (χ0v) is 15.7. The summed E-state index contributed by atoms with van der Waals surface area (Å²) in [6, 6.07) is 8.70. The summed E-state index contributed by atoms with van der Waals surface area (Å²) in [7, 11) is 1.76. The molecule has 0 spiro atoms. The Kier molecular flexibility index (Phi) is 7.18. The van der Waals surface area contributed by atoms with Crippen molar-refractivity contribution < 1.29 is 4.42 Å². The molecule has 1 aromatic heterocycles. The summed E-state index contributed by atoms with van der Waals surface area (Å²) in [5.41, 5.74) is 3.60. The van der Waals surface area contributed by atoms with Gasteiger partial charge in [-0.2, -0.15) is 11.8 Å². The van der Waals surface area contributed by atoms with E-state index in [1.54, 1.807) is 7.05 Å². The SMILES string of the molecule is CN=C(NCCSCc1ccc(C)cc1)NCc1nc(C)c(C)o1. The third-order valence-electron chi connectivity index (χ3n) is 3.63. The molecule has 0 fully saturated rings. The summed E-state index contributed by atoms with van der Waals surface area (Å²) < 4.78 is 5.55. The summed E-state index contributed by atoms with van der Waals surface area (Å²) in [5.74, 6) is 4.36. The first-order chi connectivity index (χ1) is 11.6. The van der Waals surface area contributed by atoms with Crippen molar-refractivity contribution in [2.24, 2.45) is 4.99 Å². The van der Waals surface area contributed by atoms with E-state index in [1.165, 1.54) is 11.1 Å². The molecule has 1 aromatic carbocycles. The van der Waals surface area contributed by atoms with Gasteiger partial charge in [0, 0.05) is 25.1 Å². The van der Waals surface area contributed by atoms with Crippen molar-refractivity contribution in [3.8, 4) is 0 Å². The van der Waals surface area contributed by atoms with Crippen molar-refractivity contribution in [3.05, 3.63) is 52.7 Å². The van der Waals surface area contributed by atoms with Crippen molar-refractivity contribution >= 4 is 17.7 Å². The Bertz CT molecular complexity index is 645. The van der Waals surface area contributed by atoms with E-state index in [-0.39, 0.29) is 0 Å². The first-order valence-electron chi connectivity index (χ1n) is 8.09. The predicted octanol–water partition coefficient (Wildman–Crippen LogP) is 3.20. The van der Waals surface area contributed by atoms with Crippen LogP contribution in [0.3, 0.4) is 0 Å². The molecule has 130 valence electrons. The van der Waals surface area contributed by atoms with Gasteiger partial charge in [0.15, 0.2) is 5.96 Å². The second kappa shape index (κ2) is 9.37. The third kappa shape index (κ3) is 5.92. The molecule has 2 rings (SSSR count). The van der Waals surface area contributed by atoms with Crippen LogP contribution in [-0.2, 0) is 12.3 Å². The van der Waals surface area contributed by atoms with E-state index in [1.807, 2.05) is 25.6 Å². The molecule has 0 atom stereocenters. The van der Waals surface area contributed by atoms with Crippen LogP contribution in [0.5, 0.6) is 0 Å². The van der Waals surface area contributed by atoms with Gasteiger partial charge < -0.3 is 15.1 Å². The van der Waals surface area contributed by atoms with Crippen molar-refractivity contribution in [2.75, 3.05) is 19.3 Å². The van der Waals surface area contributed by atoms with Gasteiger partial charge in [0.25, 0.3) is 0 Å². The number of aliphatic imine (C=N–C) groups is 1. The molecular weight excluding hydrogens is 320 g/mol. The fourth-order valence-corrected chi connectivity index (χ4v) is 2.93. The Labute approximate surface area is 148 Å². The number of nitrogens with one attached hydrogen (secondary N) is 2. The Balaban J connectivity index is 1.63. The van der Waals surface area contributed by atoms with E-state index in [2.05, 4.69) is 51.8 Å². The number of aryl methyl sites for hydroxylation is 3. The van der Waals surface area contributed by atoms with E-state index in [0.29, 0.717) is 12.4 Å². The molecule has 0 aliphatic rings. The fraction of sp³-hybridized carbons (Fsp3) is 0.444. The van der Waals surface area contributed by atoms with Crippen LogP contribution in [0.4, 0.5) is 0 Å². The largest absolute Gasteiger partial charge is 0.444 e. The monoisotopic (exact) mass is 346 g/mol. The van der Waals surface area contributed by atoms with Crippen molar-refractivity contribution in [1.29, 1.82) is 0 Å². The minimum Gasteiger partial charge on any atom is -0.444 e. The van der Waals surface area contributed by atoms with Gasteiger partial charge in [-0.15, -0.1) is 0 Å². The highest BCUT2D eigenvalue weighted by molar-refractivity contribution is 7.98. The van der Waals surface area contributed by atoms with E-state index in [0.717, 1.165) is 35.5 Å². The lowest BCUT2D eigenvalue weighted by Gasteiger charge is -2.10. The minimum absolute atomic E-state index is 0.533. The predicted molar refractivity (Wildman–Crippen MR) is 102 cm³/mol. The molecule has 5 nitrogen and oxygen atoms in total. The van der Waals surface area contributed by atoms with Crippen molar-refractivity contribution in [3.63, 3.8) is 0 Å². The number of hydrogen-bond donors (Lipinski definition) is 2. The van der Waals surface area contributed by atoms with Gasteiger partial charge in [-0.3, -0.25) is 4.99 Å². The molecule has 6 heteroatoms. The highest BCUT2D eigenvalue weighted by Gasteiger charge is 2.06. The summed E-state index contributed by atoms with van der Waals surface area (Å²) >= 11 is 1.91. The van der Waals surface area contributed by atoms with Gasteiger partial charge >= 0.3 is 0 Å². The zero-order chi connectivity index (χ0) is 17.4. The van der Waals surface area contributed by atoms with Crippen LogP contribution in [0.1, 0.15) is 28.5 Å². The van der Waals surface area contributed by atoms with E-state index in [4.69, 9.17) is 4.42 Å². The van der Waals surface area contributed by atoms with Gasteiger partial charge in [0.1, 0.15) is 5.76 Å². The summed E-state index contributed by atoms with van der Waals surface area (Å²) in [4.78, 5) is 8.56. The first kappa shape index (κ1) is 18.4. The maximum atomic E-state index is 5.55. The molecule has 0 aliphatic heterocycles. The molecule has 0 amide bonds. The normalized spacial score (nSPS) is 11.6. The second-order valence-corrected chi connectivity index (χ2v) is 6.75. The Hall–Kier alpha value is -1.95. The van der Waals surface area contributed by atoms with Gasteiger partial charge in [0.05, 0.1) is 12.2 Å². The fourth-order valence-electron chi connectivity index (χ4n) is 2.11. The minimum atomic E-state index is 0.533. The lowest BCUT2D eigenvalue weighted by molar-refractivity contribution is 0.464. The highest BCUT2D eigenvalue weighted by atomic mass is 32.2. The van der Waals surface area contributed by atoms with Crippen LogP contribution < -0.4 is 10.6 Å². The molecule has 2 aromatic rings. The number of oxazole rings is 1. The van der Waals surface area contributed by atoms with Crippen LogP contribution in [0, 0.1) is 20.8 Å². The van der Waals surface area contributed by atoms with E-state index < -0.39 is 0 Å². The molecule has 0 radical (unpaired) electrons. The Morgan fingerprint density at radius 1 is 1.17 bits per heavy atom. The molecule has 0 saturated heterocycles. The third-order valence-corrected chi connectivity index (χ3v) is 4.66. The maximum absolute atomic E-state index is 5.55. The quantitative estimate of drug-likeness (QED) is 0.458. The average molecular weight is 347 g/mol. The number of guanidine groups is 1. The summed E-state index contributed by atoms with van der Waals surface area (Å²) in [6.45, 7) is 7.37. The smallest absolute Gasteiger partial charge is 0.214 e. The number of benzene rings is 1. The van der Waals surface area contributed by atoms with Crippen molar-refractivity contribution in [1.82, 2.24) is 15.6 Å². The first-order valence-corrected chi connectivity index (χ1v) is 9.24. The number of rotatable bonds is 7. The second-order valence-electron chi connectivity index (χ2n) is 5.64. The highest BCUT2D eigenvalue weighted by Crippen LogP contribution is 2.12. The molecule has 2 N–H and O–H groups in total. The Morgan fingerprint density at radius 3 is 2.54 bits per heavy atom. The van der Waals surface area contributed by atoms with Gasteiger partial charge in [-0.25, -0.2) is 4.98 Å². The van der Waals surface area contributed by atoms with Crippen LogP contribution in [-0.4, -0.2) is 30.3 Å². The van der Waals surface area contributed by atoms with Crippen LogP contribution in [0.2, 0.25) is 0 Å². The molecule has 0 unspecified atom stereocenters. The van der Waals surface area contributed by atoms with Crippen molar-refractivity contribution in [2.45, 2.75) is 33.1 Å². The molecule has 1 heterocycles. The summed E-state index contributed by atoms with van der Waals surface area (Å²) in [5, 5.41) is 6.52. The maximum Gasteiger partial charge on any atom is 0.214 e. The van der Waals surface area contributed by atoms with Crippen LogP contribution in [0.15, 0.2) is 33.7 Å². The molecule has 24 heavy (non-hydrogen) atoms. The lowest BCUT2D eigenvalue weighted by Crippen LogP contribution is -2.38. The van der Waals surface area contributed by atoms with Gasteiger partial charge in [-0.1, -0.05) is 29.8 Å². The van der Waals surface area contributed by atoms with E-state index in [9.17, 15) is 0 Å². The average Bonchev–Trinajstić information content (AvgIpc) is 2.90. The molecular formula is C18H26N4OS. The number of hydrogen-bond acceptors (Lipinski definition) is 4. The van der Waals surface area contributed by atoms with Crippen LogP contribution >= 0.6 is 11.8 Å². The number of aromatic nitrogens is 1. The zero-order valence-electron chi connectivity index (χ0n) is 14.8. The van der Waals surface area contributed by atoms with E-state index >= 15 is 0 Å². The number of nitrogens with zero attached hydrogens (tertiary/aromatic N) is 2. The molecule has 0 aliphatic carbocycles. The molecule has 0 bridgehead atoms. The topological polar surface area (TPSA) is 62.5 Å².